The quantitative estimate of drug-likeness (QED) is 0.394. The van der Waals surface area contributed by atoms with Crippen LogP contribution < -0.4 is 0 Å². The molecule has 38 heavy (non-hydrogen) atoms. The van der Waals surface area contributed by atoms with Crippen molar-refractivity contribution in [2.75, 3.05) is 26.2 Å². The minimum Gasteiger partial charge on any atom is -0.358 e. The highest BCUT2D eigenvalue weighted by Gasteiger charge is 2.53. The maximum absolute atomic E-state index is 13.7. The van der Waals surface area contributed by atoms with Crippen molar-refractivity contribution in [3.05, 3.63) is 56.5 Å². The van der Waals surface area contributed by atoms with Gasteiger partial charge in [-0.2, -0.15) is 35.0 Å². The molecule has 2 aromatic carbocycles. The number of benzene rings is 2. The van der Waals surface area contributed by atoms with Crippen molar-refractivity contribution < 1.29 is 47.9 Å². The topological polar surface area (TPSA) is 84.0 Å². The summed E-state index contributed by atoms with van der Waals surface area (Å²) in [5.41, 5.74) is -4.42. The molecule has 17 heteroatoms. The van der Waals surface area contributed by atoms with Gasteiger partial charge in [0, 0.05) is 41.4 Å². The van der Waals surface area contributed by atoms with Crippen LogP contribution in [0.1, 0.15) is 24.0 Å². The molecule has 2 saturated heterocycles. The highest BCUT2D eigenvalue weighted by atomic mass is 79.9. The Hall–Kier alpha value is -1.24. The van der Waals surface area contributed by atoms with Crippen LogP contribution in [0.4, 0.5) is 26.3 Å². The van der Waals surface area contributed by atoms with Crippen LogP contribution in [-0.2, 0) is 37.1 Å². The van der Waals surface area contributed by atoms with Gasteiger partial charge in [-0.25, -0.2) is 16.8 Å². The number of piperidine rings is 1. The van der Waals surface area contributed by atoms with E-state index >= 15 is 0 Å². The summed E-state index contributed by atoms with van der Waals surface area (Å²) in [5, 5.41) is 0. The fourth-order valence-electron chi connectivity index (χ4n) is 4.56. The number of sulfonamides is 2. The lowest BCUT2D eigenvalue weighted by Gasteiger charge is -2.42. The minimum absolute atomic E-state index is 0.0147. The first-order valence-electron chi connectivity index (χ1n) is 10.8. The molecule has 2 aromatic rings. The Morgan fingerprint density at radius 3 is 1.63 bits per heavy atom. The summed E-state index contributed by atoms with van der Waals surface area (Å²) in [4.78, 5) is -1.96. The number of halogens is 8. The number of nitrogens with zero attached hydrogens (tertiary/aromatic N) is 2. The predicted octanol–water partition coefficient (Wildman–Crippen LogP) is 5.45. The molecule has 210 valence electrons. The molecule has 1 spiro atoms. The van der Waals surface area contributed by atoms with Crippen LogP contribution in [0.5, 0.6) is 0 Å². The lowest BCUT2D eigenvalue weighted by atomic mass is 10.0. The van der Waals surface area contributed by atoms with E-state index in [1.54, 1.807) is 0 Å². The van der Waals surface area contributed by atoms with Gasteiger partial charge >= 0.3 is 12.4 Å². The van der Waals surface area contributed by atoms with Crippen molar-refractivity contribution >= 4 is 51.9 Å². The standard InChI is InChI=1S/C21H18Br2F6N2O5S2/c22-13-1-3-17(15(11-13)20(24,25)26)37(32,33)30-7-5-19(6-8-30)31(9-10-36-19)38(34,35)18-4-2-14(23)12-16(18)21(27,28)29/h1-4,11-12H,5-10H2. The molecule has 0 atom stereocenters. The molecular formula is C21H18Br2F6N2O5S2. The molecule has 0 aromatic heterocycles. The second-order valence-corrected chi connectivity index (χ2v) is 14.1. The average molecular weight is 716 g/mol. The molecule has 4 rings (SSSR count). The molecule has 2 heterocycles. The van der Waals surface area contributed by atoms with E-state index in [2.05, 4.69) is 31.9 Å². The molecular weight excluding hydrogens is 698 g/mol. The molecule has 2 aliphatic rings. The third-order valence-electron chi connectivity index (χ3n) is 6.30. The smallest absolute Gasteiger partial charge is 0.358 e. The van der Waals surface area contributed by atoms with Gasteiger partial charge in [-0.05, 0) is 36.4 Å². The summed E-state index contributed by atoms with van der Waals surface area (Å²) in [5.74, 6) is 0. The van der Waals surface area contributed by atoms with Gasteiger partial charge in [0.15, 0.2) is 0 Å². The van der Waals surface area contributed by atoms with E-state index in [0.717, 1.165) is 32.9 Å². The predicted molar refractivity (Wildman–Crippen MR) is 129 cm³/mol. The Kier molecular flexibility index (Phi) is 7.82. The molecule has 0 unspecified atom stereocenters. The normalized spacial score (nSPS) is 19.8. The maximum Gasteiger partial charge on any atom is 0.417 e. The first kappa shape index (κ1) is 29.7. The Labute approximate surface area is 231 Å². The zero-order valence-electron chi connectivity index (χ0n) is 19.0. The summed E-state index contributed by atoms with van der Waals surface area (Å²) >= 11 is 5.80. The van der Waals surface area contributed by atoms with Gasteiger partial charge in [-0.15, -0.1) is 0 Å². The van der Waals surface area contributed by atoms with E-state index in [4.69, 9.17) is 4.74 Å². The van der Waals surface area contributed by atoms with Gasteiger partial charge in [0.25, 0.3) is 0 Å². The first-order valence-corrected chi connectivity index (χ1v) is 15.3. The van der Waals surface area contributed by atoms with Gasteiger partial charge in [0.2, 0.25) is 20.0 Å². The van der Waals surface area contributed by atoms with Crippen LogP contribution in [-0.4, -0.2) is 57.4 Å². The third kappa shape index (κ3) is 5.39. The Balaban J connectivity index is 1.65. The zero-order valence-corrected chi connectivity index (χ0v) is 23.8. The second kappa shape index (κ2) is 9.99. The zero-order chi connectivity index (χ0) is 28.3. The van der Waals surface area contributed by atoms with E-state index in [-0.39, 0.29) is 34.9 Å². The van der Waals surface area contributed by atoms with E-state index in [1.165, 1.54) is 0 Å². The highest BCUT2D eigenvalue weighted by Crippen LogP contribution is 2.44. The largest absolute Gasteiger partial charge is 0.417 e. The van der Waals surface area contributed by atoms with Gasteiger partial charge in [-0.3, -0.25) is 0 Å². The van der Waals surface area contributed by atoms with Crippen LogP contribution >= 0.6 is 31.9 Å². The van der Waals surface area contributed by atoms with E-state index in [1.807, 2.05) is 0 Å². The molecule has 0 radical (unpaired) electrons. The Bertz CT molecular complexity index is 1460. The van der Waals surface area contributed by atoms with Crippen molar-refractivity contribution in [3.8, 4) is 0 Å². The summed E-state index contributed by atoms with van der Waals surface area (Å²) in [6, 6.07) is 5.22. The molecule has 0 aliphatic carbocycles. The van der Waals surface area contributed by atoms with E-state index in [9.17, 15) is 43.2 Å². The van der Waals surface area contributed by atoms with Crippen molar-refractivity contribution in [1.29, 1.82) is 0 Å². The summed E-state index contributed by atoms with van der Waals surface area (Å²) in [6.45, 7) is -1.29. The molecule has 0 N–H and O–H groups in total. The molecule has 2 fully saturated rings. The van der Waals surface area contributed by atoms with Crippen molar-refractivity contribution in [2.45, 2.75) is 40.7 Å². The van der Waals surface area contributed by atoms with Crippen molar-refractivity contribution in [2.24, 2.45) is 0 Å². The Morgan fingerprint density at radius 2 is 1.18 bits per heavy atom. The first-order chi connectivity index (χ1) is 17.4. The molecule has 0 saturated carbocycles. The van der Waals surface area contributed by atoms with Gasteiger partial charge in [-0.1, -0.05) is 31.9 Å². The van der Waals surface area contributed by atoms with Crippen LogP contribution in [0, 0.1) is 0 Å². The maximum atomic E-state index is 13.7. The van der Waals surface area contributed by atoms with Crippen LogP contribution in [0.25, 0.3) is 0 Å². The fraction of sp³-hybridized carbons (Fsp3) is 0.429. The van der Waals surface area contributed by atoms with E-state index < -0.39 is 72.1 Å². The minimum atomic E-state index is -4.99. The lowest BCUT2D eigenvalue weighted by Crippen LogP contribution is -2.55. The van der Waals surface area contributed by atoms with Crippen LogP contribution in [0.2, 0.25) is 0 Å². The van der Waals surface area contributed by atoms with Gasteiger partial charge in [0.1, 0.15) is 5.72 Å². The molecule has 0 bridgehead atoms. The van der Waals surface area contributed by atoms with Crippen molar-refractivity contribution in [3.63, 3.8) is 0 Å². The molecule has 2 aliphatic heterocycles. The third-order valence-corrected chi connectivity index (χ3v) is 11.3. The number of ether oxygens (including phenoxy) is 1. The number of alkyl halides is 6. The lowest BCUT2D eigenvalue weighted by molar-refractivity contribution is -0.140. The van der Waals surface area contributed by atoms with E-state index in [0.29, 0.717) is 12.1 Å². The average Bonchev–Trinajstić information content (AvgIpc) is 3.21. The van der Waals surface area contributed by atoms with Crippen LogP contribution in [0.3, 0.4) is 0 Å². The number of rotatable bonds is 4. The SMILES string of the molecule is O=S(=O)(c1ccc(Br)cc1C(F)(F)F)N1CCC2(CC1)OCCN2S(=O)(=O)c1ccc(Br)cc1C(F)(F)F. The van der Waals surface area contributed by atoms with Crippen molar-refractivity contribution in [1.82, 2.24) is 8.61 Å². The Morgan fingerprint density at radius 1 is 0.737 bits per heavy atom. The summed E-state index contributed by atoms with van der Waals surface area (Å²) < 4.78 is 142. The second-order valence-electron chi connectivity index (χ2n) is 8.55. The number of hydrogen-bond donors (Lipinski definition) is 0. The highest BCUT2D eigenvalue weighted by molar-refractivity contribution is 9.10. The van der Waals surface area contributed by atoms with Gasteiger partial charge in [0.05, 0.1) is 27.5 Å². The molecule has 7 nitrogen and oxygen atoms in total. The number of hydrogen-bond acceptors (Lipinski definition) is 5. The van der Waals surface area contributed by atoms with Crippen LogP contribution in [0.15, 0.2) is 55.1 Å². The molecule has 0 amide bonds. The summed E-state index contributed by atoms with van der Waals surface area (Å²) in [7, 11) is -9.43. The monoisotopic (exact) mass is 714 g/mol. The summed E-state index contributed by atoms with van der Waals surface area (Å²) in [6.07, 6.45) is -10.6. The van der Waals surface area contributed by atoms with Gasteiger partial charge < -0.3 is 4.74 Å². The fourth-order valence-corrected chi connectivity index (χ4v) is 8.83.